The van der Waals surface area contributed by atoms with Gasteiger partial charge in [-0.05, 0) is 30.5 Å². The smallest absolute Gasteiger partial charge is 0.356 e. The number of aromatic carboxylic acids is 1. The Kier molecular flexibility index (Phi) is 3.78. The summed E-state index contributed by atoms with van der Waals surface area (Å²) >= 11 is 1.67. The SMILES string of the molecule is CSc1ccc(Nc2cnc(C(=O)O)cn2)cc1. The van der Waals surface area contributed by atoms with Gasteiger partial charge in [-0.25, -0.2) is 14.8 Å². The van der Waals surface area contributed by atoms with E-state index in [4.69, 9.17) is 5.11 Å². The Labute approximate surface area is 108 Å². The van der Waals surface area contributed by atoms with Crippen molar-refractivity contribution in [2.24, 2.45) is 0 Å². The van der Waals surface area contributed by atoms with E-state index in [0.717, 1.165) is 5.69 Å². The largest absolute Gasteiger partial charge is 0.476 e. The minimum atomic E-state index is -1.08. The molecule has 0 bridgehead atoms. The second-order valence-corrected chi connectivity index (χ2v) is 4.33. The molecule has 2 rings (SSSR count). The van der Waals surface area contributed by atoms with Crippen LogP contribution in [-0.2, 0) is 0 Å². The highest BCUT2D eigenvalue weighted by Gasteiger charge is 2.04. The maximum absolute atomic E-state index is 10.6. The average molecular weight is 261 g/mol. The summed E-state index contributed by atoms with van der Waals surface area (Å²) in [5.41, 5.74) is 0.809. The molecule has 18 heavy (non-hydrogen) atoms. The number of hydrogen-bond donors (Lipinski definition) is 2. The predicted octanol–water partition coefficient (Wildman–Crippen LogP) is 2.64. The molecule has 0 saturated heterocycles. The zero-order chi connectivity index (χ0) is 13.0. The molecule has 0 fully saturated rings. The second kappa shape index (κ2) is 5.50. The van der Waals surface area contributed by atoms with E-state index in [2.05, 4.69) is 15.3 Å². The van der Waals surface area contributed by atoms with Gasteiger partial charge in [0.2, 0.25) is 0 Å². The normalized spacial score (nSPS) is 10.1. The van der Waals surface area contributed by atoms with Crippen LogP contribution in [0.5, 0.6) is 0 Å². The van der Waals surface area contributed by atoms with Gasteiger partial charge in [0.15, 0.2) is 5.69 Å². The molecule has 0 amide bonds. The third-order valence-corrected chi connectivity index (χ3v) is 2.98. The van der Waals surface area contributed by atoms with Gasteiger partial charge >= 0.3 is 5.97 Å². The fraction of sp³-hybridized carbons (Fsp3) is 0.0833. The van der Waals surface area contributed by atoms with Crippen LogP contribution in [0.2, 0.25) is 0 Å². The minimum Gasteiger partial charge on any atom is -0.476 e. The van der Waals surface area contributed by atoms with Crippen molar-refractivity contribution in [2.45, 2.75) is 4.90 Å². The first kappa shape index (κ1) is 12.4. The number of carboxylic acids is 1. The van der Waals surface area contributed by atoms with Crippen molar-refractivity contribution in [1.82, 2.24) is 9.97 Å². The van der Waals surface area contributed by atoms with Crippen molar-refractivity contribution in [3.63, 3.8) is 0 Å². The first-order valence-corrected chi connectivity index (χ1v) is 6.38. The Morgan fingerprint density at radius 1 is 1.22 bits per heavy atom. The topological polar surface area (TPSA) is 75.1 Å². The monoisotopic (exact) mass is 261 g/mol. The van der Waals surface area contributed by atoms with Crippen LogP contribution in [-0.4, -0.2) is 27.3 Å². The van der Waals surface area contributed by atoms with Crippen LogP contribution in [0.1, 0.15) is 10.5 Å². The quantitative estimate of drug-likeness (QED) is 0.824. The van der Waals surface area contributed by atoms with Crippen molar-refractivity contribution >= 4 is 29.2 Å². The molecule has 0 unspecified atom stereocenters. The van der Waals surface area contributed by atoms with Crippen LogP contribution in [0.15, 0.2) is 41.6 Å². The van der Waals surface area contributed by atoms with E-state index in [1.807, 2.05) is 30.5 Å². The first-order valence-electron chi connectivity index (χ1n) is 5.15. The number of nitrogens with one attached hydrogen (secondary N) is 1. The van der Waals surface area contributed by atoms with Crippen LogP contribution in [0.4, 0.5) is 11.5 Å². The lowest BCUT2D eigenvalue weighted by Crippen LogP contribution is -2.02. The third kappa shape index (κ3) is 2.98. The lowest BCUT2D eigenvalue weighted by molar-refractivity contribution is 0.0690. The number of anilines is 2. The molecule has 1 heterocycles. The van der Waals surface area contributed by atoms with E-state index in [1.165, 1.54) is 17.3 Å². The molecule has 0 aliphatic carbocycles. The van der Waals surface area contributed by atoms with Crippen LogP contribution in [0.25, 0.3) is 0 Å². The van der Waals surface area contributed by atoms with Gasteiger partial charge in [-0.2, -0.15) is 0 Å². The Balaban J connectivity index is 2.10. The second-order valence-electron chi connectivity index (χ2n) is 3.45. The maximum Gasteiger partial charge on any atom is 0.356 e. The highest BCUT2D eigenvalue weighted by molar-refractivity contribution is 7.98. The van der Waals surface area contributed by atoms with Crippen molar-refractivity contribution in [3.05, 3.63) is 42.4 Å². The standard InChI is InChI=1S/C12H11N3O2S/c1-18-9-4-2-8(3-5-9)15-11-7-13-10(6-14-11)12(16)17/h2-7H,1H3,(H,14,15)(H,16,17). The van der Waals surface area contributed by atoms with Gasteiger partial charge in [0.25, 0.3) is 0 Å². The lowest BCUT2D eigenvalue weighted by Gasteiger charge is -2.05. The summed E-state index contributed by atoms with van der Waals surface area (Å²) in [7, 11) is 0. The zero-order valence-electron chi connectivity index (χ0n) is 9.62. The highest BCUT2D eigenvalue weighted by Crippen LogP contribution is 2.19. The third-order valence-electron chi connectivity index (χ3n) is 2.23. The number of aromatic nitrogens is 2. The average Bonchev–Trinajstić information content (AvgIpc) is 2.40. The molecule has 0 radical (unpaired) electrons. The summed E-state index contributed by atoms with van der Waals surface area (Å²) in [5, 5.41) is 11.7. The van der Waals surface area contributed by atoms with Crippen LogP contribution in [0.3, 0.4) is 0 Å². The molecule has 0 saturated carbocycles. The molecule has 0 aliphatic rings. The van der Waals surface area contributed by atoms with Crippen LogP contribution >= 0.6 is 11.8 Å². The number of thioether (sulfide) groups is 1. The van der Waals surface area contributed by atoms with E-state index in [-0.39, 0.29) is 5.69 Å². The zero-order valence-corrected chi connectivity index (χ0v) is 10.4. The van der Waals surface area contributed by atoms with E-state index >= 15 is 0 Å². The fourth-order valence-corrected chi connectivity index (χ4v) is 1.73. The van der Waals surface area contributed by atoms with Crippen molar-refractivity contribution in [1.29, 1.82) is 0 Å². The van der Waals surface area contributed by atoms with E-state index in [0.29, 0.717) is 5.82 Å². The summed E-state index contributed by atoms with van der Waals surface area (Å²) < 4.78 is 0. The summed E-state index contributed by atoms with van der Waals surface area (Å²) in [6.07, 6.45) is 4.63. The molecule has 0 spiro atoms. The first-order chi connectivity index (χ1) is 8.69. The molecular formula is C12H11N3O2S. The minimum absolute atomic E-state index is 0.0710. The van der Waals surface area contributed by atoms with Gasteiger partial charge in [-0.15, -0.1) is 11.8 Å². The predicted molar refractivity (Wildman–Crippen MR) is 70.5 cm³/mol. The number of carbonyl (C=O) groups is 1. The van der Waals surface area contributed by atoms with Gasteiger partial charge in [0, 0.05) is 10.6 Å². The summed E-state index contributed by atoms with van der Waals surface area (Å²) in [6.45, 7) is 0. The van der Waals surface area contributed by atoms with Crippen molar-refractivity contribution < 1.29 is 9.90 Å². The number of nitrogens with zero attached hydrogens (tertiary/aromatic N) is 2. The number of carboxylic acid groups (broad SMARTS) is 1. The van der Waals surface area contributed by atoms with Gasteiger partial charge in [-0.3, -0.25) is 0 Å². The summed E-state index contributed by atoms with van der Waals surface area (Å²) in [5.74, 6) is -0.574. The molecule has 1 aromatic heterocycles. The Hall–Kier alpha value is -2.08. The Morgan fingerprint density at radius 3 is 2.44 bits per heavy atom. The van der Waals surface area contributed by atoms with Crippen molar-refractivity contribution in [3.8, 4) is 0 Å². The highest BCUT2D eigenvalue weighted by atomic mass is 32.2. The molecule has 5 nitrogen and oxygen atoms in total. The lowest BCUT2D eigenvalue weighted by atomic mass is 10.3. The number of hydrogen-bond acceptors (Lipinski definition) is 5. The molecular weight excluding hydrogens is 250 g/mol. The number of benzene rings is 1. The molecule has 1 aromatic carbocycles. The molecule has 2 aromatic rings. The summed E-state index contributed by atoms with van der Waals surface area (Å²) in [4.78, 5) is 19.5. The molecule has 2 N–H and O–H groups in total. The van der Waals surface area contributed by atoms with Gasteiger partial charge < -0.3 is 10.4 Å². The van der Waals surface area contributed by atoms with Crippen LogP contribution in [0, 0.1) is 0 Å². The number of rotatable bonds is 4. The maximum atomic E-state index is 10.6. The van der Waals surface area contributed by atoms with Crippen molar-refractivity contribution in [2.75, 3.05) is 11.6 Å². The van der Waals surface area contributed by atoms with Gasteiger partial charge in [0.1, 0.15) is 5.82 Å². The van der Waals surface area contributed by atoms with E-state index in [1.54, 1.807) is 11.8 Å². The van der Waals surface area contributed by atoms with Gasteiger partial charge in [-0.1, -0.05) is 0 Å². The molecule has 0 atom stereocenters. The molecule has 6 heteroatoms. The van der Waals surface area contributed by atoms with Gasteiger partial charge in [0.05, 0.1) is 12.4 Å². The van der Waals surface area contributed by atoms with E-state index in [9.17, 15) is 4.79 Å². The summed E-state index contributed by atoms with van der Waals surface area (Å²) in [6, 6.07) is 7.84. The fourth-order valence-electron chi connectivity index (χ4n) is 1.33. The Morgan fingerprint density at radius 2 is 1.94 bits per heavy atom. The molecule has 92 valence electrons. The Bertz CT molecular complexity index is 540. The van der Waals surface area contributed by atoms with E-state index < -0.39 is 5.97 Å². The van der Waals surface area contributed by atoms with Crippen LogP contribution < -0.4 is 5.32 Å². The molecule has 0 aliphatic heterocycles.